The van der Waals surface area contributed by atoms with Gasteiger partial charge >= 0.3 is 6.18 Å². The van der Waals surface area contributed by atoms with Crippen LogP contribution >= 0.6 is 0 Å². The van der Waals surface area contributed by atoms with E-state index in [1.54, 1.807) is 7.11 Å². The summed E-state index contributed by atoms with van der Waals surface area (Å²) in [6, 6.07) is 4.98. The zero-order valence-electron chi connectivity index (χ0n) is 11.4. The van der Waals surface area contributed by atoms with Crippen molar-refractivity contribution in [3.63, 3.8) is 0 Å². The lowest BCUT2D eigenvalue weighted by atomic mass is 9.78. The van der Waals surface area contributed by atoms with Gasteiger partial charge in [-0.05, 0) is 30.5 Å². The van der Waals surface area contributed by atoms with Crippen molar-refractivity contribution in [2.45, 2.75) is 50.0 Å². The van der Waals surface area contributed by atoms with Gasteiger partial charge in [0, 0.05) is 13.5 Å². The average molecular weight is 288 g/mol. The summed E-state index contributed by atoms with van der Waals surface area (Å²) in [5.41, 5.74) is -0.947. The highest BCUT2D eigenvalue weighted by atomic mass is 19.4. The molecule has 1 fully saturated rings. The standard InChI is InChI=1S/C15H19F3O2/c1-20-13-4-2-3-9-14(13,19)10-11-5-7-12(8-6-11)15(16,17)18/h5-8,13,19H,2-4,9-10H2,1H3. The second kappa shape index (κ2) is 5.74. The van der Waals surface area contributed by atoms with Gasteiger partial charge in [-0.2, -0.15) is 13.2 Å². The van der Waals surface area contributed by atoms with Gasteiger partial charge in [0.25, 0.3) is 0 Å². The fourth-order valence-electron chi connectivity index (χ4n) is 2.90. The number of hydrogen-bond donors (Lipinski definition) is 1. The van der Waals surface area contributed by atoms with E-state index in [1.807, 2.05) is 0 Å². The van der Waals surface area contributed by atoms with Crippen LogP contribution in [0.5, 0.6) is 0 Å². The predicted molar refractivity (Wildman–Crippen MR) is 69.4 cm³/mol. The smallest absolute Gasteiger partial charge is 0.387 e. The van der Waals surface area contributed by atoms with Gasteiger partial charge in [-0.3, -0.25) is 0 Å². The number of methoxy groups -OCH3 is 1. The van der Waals surface area contributed by atoms with Crippen molar-refractivity contribution in [2.24, 2.45) is 0 Å². The van der Waals surface area contributed by atoms with E-state index in [4.69, 9.17) is 4.74 Å². The maximum atomic E-state index is 12.5. The molecule has 0 aromatic heterocycles. The Morgan fingerprint density at radius 3 is 2.45 bits per heavy atom. The van der Waals surface area contributed by atoms with Gasteiger partial charge in [0.05, 0.1) is 17.3 Å². The average Bonchev–Trinajstić information content (AvgIpc) is 2.38. The van der Waals surface area contributed by atoms with Crippen molar-refractivity contribution >= 4 is 0 Å². The number of aliphatic hydroxyl groups is 1. The van der Waals surface area contributed by atoms with Crippen LogP contribution < -0.4 is 0 Å². The van der Waals surface area contributed by atoms with Crippen LogP contribution in [0.25, 0.3) is 0 Å². The Morgan fingerprint density at radius 2 is 1.90 bits per heavy atom. The van der Waals surface area contributed by atoms with Crippen LogP contribution in [0.15, 0.2) is 24.3 Å². The molecule has 2 rings (SSSR count). The zero-order chi connectivity index (χ0) is 14.8. The Labute approximate surface area is 116 Å². The molecule has 1 N–H and O–H groups in total. The largest absolute Gasteiger partial charge is 0.416 e. The summed E-state index contributed by atoms with van der Waals surface area (Å²) in [5, 5.41) is 10.7. The molecule has 1 saturated carbocycles. The Hall–Kier alpha value is -1.07. The molecule has 2 nitrogen and oxygen atoms in total. The quantitative estimate of drug-likeness (QED) is 0.921. The third-order valence-corrected chi connectivity index (χ3v) is 4.00. The summed E-state index contributed by atoms with van der Waals surface area (Å²) >= 11 is 0. The van der Waals surface area contributed by atoms with Crippen LogP contribution in [0.1, 0.15) is 36.8 Å². The second-order valence-corrected chi connectivity index (χ2v) is 5.45. The Kier molecular flexibility index (Phi) is 4.39. The maximum absolute atomic E-state index is 12.5. The van der Waals surface area contributed by atoms with Crippen molar-refractivity contribution in [3.8, 4) is 0 Å². The van der Waals surface area contributed by atoms with Crippen LogP contribution in [0, 0.1) is 0 Å². The number of benzene rings is 1. The van der Waals surface area contributed by atoms with E-state index in [0.717, 1.165) is 31.4 Å². The lowest BCUT2D eigenvalue weighted by Gasteiger charge is -2.39. The highest BCUT2D eigenvalue weighted by Gasteiger charge is 2.39. The zero-order valence-corrected chi connectivity index (χ0v) is 11.4. The summed E-state index contributed by atoms with van der Waals surface area (Å²) in [4.78, 5) is 0. The number of ether oxygens (including phenoxy) is 1. The number of hydrogen-bond acceptors (Lipinski definition) is 2. The third kappa shape index (κ3) is 3.33. The first-order valence-corrected chi connectivity index (χ1v) is 6.76. The van der Waals surface area contributed by atoms with Gasteiger partial charge in [0.1, 0.15) is 0 Å². The van der Waals surface area contributed by atoms with Crippen molar-refractivity contribution in [1.29, 1.82) is 0 Å². The molecule has 1 aliphatic rings. The molecule has 20 heavy (non-hydrogen) atoms. The van der Waals surface area contributed by atoms with E-state index < -0.39 is 17.3 Å². The molecule has 0 saturated heterocycles. The molecular formula is C15H19F3O2. The minimum Gasteiger partial charge on any atom is -0.387 e. The lowest BCUT2D eigenvalue weighted by Crippen LogP contribution is -2.47. The summed E-state index contributed by atoms with van der Waals surface area (Å²) < 4.78 is 42.8. The Bertz CT molecular complexity index is 441. The van der Waals surface area contributed by atoms with E-state index in [0.29, 0.717) is 18.4 Å². The monoisotopic (exact) mass is 288 g/mol. The molecule has 1 aliphatic carbocycles. The van der Waals surface area contributed by atoms with Crippen molar-refractivity contribution < 1.29 is 23.0 Å². The fraction of sp³-hybridized carbons (Fsp3) is 0.600. The topological polar surface area (TPSA) is 29.5 Å². The van der Waals surface area contributed by atoms with E-state index in [-0.39, 0.29) is 6.10 Å². The van der Waals surface area contributed by atoms with Crippen LogP contribution in [0.2, 0.25) is 0 Å². The minimum atomic E-state index is -4.32. The highest BCUT2D eigenvalue weighted by molar-refractivity contribution is 5.26. The molecule has 0 heterocycles. The van der Waals surface area contributed by atoms with Gasteiger partial charge in [-0.25, -0.2) is 0 Å². The fourth-order valence-corrected chi connectivity index (χ4v) is 2.90. The van der Waals surface area contributed by atoms with Crippen molar-refractivity contribution in [1.82, 2.24) is 0 Å². The molecule has 5 heteroatoms. The summed E-state index contributed by atoms with van der Waals surface area (Å²) in [5.74, 6) is 0. The van der Waals surface area contributed by atoms with E-state index in [2.05, 4.69) is 0 Å². The first kappa shape index (κ1) is 15.3. The van der Waals surface area contributed by atoms with Crippen LogP contribution in [0.3, 0.4) is 0 Å². The van der Waals surface area contributed by atoms with Crippen molar-refractivity contribution in [3.05, 3.63) is 35.4 Å². The summed E-state index contributed by atoms with van der Waals surface area (Å²) in [6.07, 6.45) is -0.928. The highest BCUT2D eigenvalue weighted by Crippen LogP contribution is 2.34. The summed E-state index contributed by atoms with van der Waals surface area (Å²) in [7, 11) is 1.56. The molecular weight excluding hydrogens is 269 g/mol. The molecule has 0 radical (unpaired) electrons. The Morgan fingerprint density at radius 1 is 1.25 bits per heavy atom. The molecule has 0 amide bonds. The van der Waals surface area contributed by atoms with Gasteiger partial charge < -0.3 is 9.84 Å². The van der Waals surface area contributed by atoms with Gasteiger partial charge in [-0.15, -0.1) is 0 Å². The number of alkyl halides is 3. The molecule has 0 aliphatic heterocycles. The molecule has 112 valence electrons. The first-order chi connectivity index (χ1) is 9.35. The molecule has 2 unspecified atom stereocenters. The van der Waals surface area contributed by atoms with E-state index >= 15 is 0 Å². The second-order valence-electron chi connectivity index (χ2n) is 5.45. The Balaban J connectivity index is 2.12. The van der Waals surface area contributed by atoms with Gasteiger partial charge in [0.15, 0.2) is 0 Å². The predicted octanol–water partition coefficient (Wildman–Crippen LogP) is 3.57. The normalized spacial score (nSPS) is 27.6. The van der Waals surface area contributed by atoms with Gasteiger partial charge in [-0.1, -0.05) is 25.0 Å². The third-order valence-electron chi connectivity index (χ3n) is 4.00. The van der Waals surface area contributed by atoms with E-state index in [9.17, 15) is 18.3 Å². The molecule has 1 aromatic rings. The minimum absolute atomic E-state index is 0.251. The molecule has 0 bridgehead atoms. The molecule has 0 spiro atoms. The van der Waals surface area contributed by atoms with Crippen LogP contribution in [0.4, 0.5) is 13.2 Å². The SMILES string of the molecule is COC1CCCCC1(O)Cc1ccc(C(F)(F)F)cc1. The van der Waals surface area contributed by atoms with Crippen molar-refractivity contribution in [2.75, 3.05) is 7.11 Å². The molecule has 2 atom stereocenters. The maximum Gasteiger partial charge on any atom is 0.416 e. The molecule has 1 aromatic carbocycles. The number of rotatable bonds is 3. The van der Waals surface area contributed by atoms with Crippen LogP contribution in [-0.4, -0.2) is 23.9 Å². The van der Waals surface area contributed by atoms with Gasteiger partial charge in [0.2, 0.25) is 0 Å². The number of halogens is 3. The van der Waals surface area contributed by atoms with E-state index in [1.165, 1.54) is 12.1 Å². The summed E-state index contributed by atoms with van der Waals surface area (Å²) in [6.45, 7) is 0. The lowest BCUT2D eigenvalue weighted by molar-refractivity contribution is -0.137. The first-order valence-electron chi connectivity index (χ1n) is 6.76. The van der Waals surface area contributed by atoms with Crippen LogP contribution in [-0.2, 0) is 17.3 Å².